The first-order chi connectivity index (χ1) is 7.63. The van der Waals surface area contributed by atoms with Gasteiger partial charge in [-0.25, -0.2) is 4.79 Å². The summed E-state index contributed by atoms with van der Waals surface area (Å²) in [4.78, 5) is 28.9. The van der Waals surface area contributed by atoms with Crippen LogP contribution in [0.1, 0.15) is 0 Å². The highest BCUT2D eigenvalue weighted by Crippen LogP contribution is 2.16. The lowest BCUT2D eigenvalue weighted by Gasteiger charge is -2.20. The van der Waals surface area contributed by atoms with Gasteiger partial charge in [-0.05, 0) is 0 Å². The predicted molar refractivity (Wildman–Crippen MR) is 65.5 cm³/mol. The first-order valence-corrected chi connectivity index (χ1v) is 5.13. The maximum absolute atomic E-state index is 11.6. The summed E-state index contributed by atoms with van der Waals surface area (Å²) in [7, 11) is 1.61. The molecule has 0 aliphatic carbocycles. The van der Waals surface area contributed by atoms with Gasteiger partial charge in [0, 0.05) is 13.6 Å². The predicted octanol–water partition coefficient (Wildman–Crippen LogP) is 0.294. The number of nitrogens with zero attached hydrogens (tertiary/aromatic N) is 1. The van der Waals surface area contributed by atoms with Crippen molar-refractivity contribution in [1.29, 1.82) is 0 Å². The molecule has 0 aromatic carbocycles. The van der Waals surface area contributed by atoms with Crippen molar-refractivity contribution in [2.24, 2.45) is 0 Å². The van der Waals surface area contributed by atoms with Gasteiger partial charge >= 0.3 is 5.69 Å². The SMILES string of the molecule is C=CCN(CCl)c1c(NC)[nH]c(=O)[nH]c1=O. The maximum Gasteiger partial charge on any atom is 0.327 e. The second-order valence-corrected chi connectivity index (χ2v) is 3.25. The molecule has 0 saturated carbocycles. The standard InChI is InChI=1S/C9H13ClN4O2/c1-3-4-14(5-10)6-7(11-2)12-9(16)13-8(6)15/h3H,1,4-5H2,2H3,(H3,11,12,13,15,16). The van der Waals surface area contributed by atoms with Crippen molar-refractivity contribution in [2.45, 2.75) is 0 Å². The second-order valence-electron chi connectivity index (χ2n) is 3.01. The Bertz CT molecular complexity index is 479. The van der Waals surface area contributed by atoms with Gasteiger partial charge in [0.15, 0.2) is 0 Å². The van der Waals surface area contributed by atoms with Gasteiger partial charge in [-0.15, -0.1) is 18.2 Å². The third-order valence-electron chi connectivity index (χ3n) is 1.98. The van der Waals surface area contributed by atoms with Crippen LogP contribution in [-0.4, -0.2) is 29.6 Å². The van der Waals surface area contributed by atoms with Crippen molar-refractivity contribution in [3.63, 3.8) is 0 Å². The number of hydrogen-bond donors (Lipinski definition) is 3. The first kappa shape index (κ1) is 12.4. The Labute approximate surface area is 96.9 Å². The largest absolute Gasteiger partial charge is 0.373 e. The Hall–Kier alpha value is -1.69. The van der Waals surface area contributed by atoms with E-state index in [1.54, 1.807) is 18.0 Å². The van der Waals surface area contributed by atoms with Gasteiger partial charge in [0.05, 0.1) is 6.00 Å². The van der Waals surface area contributed by atoms with E-state index < -0.39 is 11.2 Å². The van der Waals surface area contributed by atoms with Crippen LogP contribution in [0.15, 0.2) is 22.2 Å². The number of halogens is 1. The Balaban J connectivity index is 3.34. The van der Waals surface area contributed by atoms with Crippen molar-refractivity contribution < 1.29 is 0 Å². The highest BCUT2D eigenvalue weighted by atomic mass is 35.5. The van der Waals surface area contributed by atoms with Crippen LogP contribution in [0.2, 0.25) is 0 Å². The summed E-state index contributed by atoms with van der Waals surface area (Å²) in [5.41, 5.74) is -0.765. The number of rotatable bonds is 5. The third-order valence-corrected chi connectivity index (χ3v) is 2.27. The van der Waals surface area contributed by atoms with Gasteiger partial charge in [0.25, 0.3) is 5.56 Å². The molecule has 3 N–H and O–H groups in total. The molecule has 1 rings (SSSR count). The molecular formula is C9H13ClN4O2. The van der Waals surface area contributed by atoms with Crippen LogP contribution in [0.5, 0.6) is 0 Å². The lowest BCUT2D eigenvalue weighted by atomic mass is 10.4. The van der Waals surface area contributed by atoms with Gasteiger partial charge in [-0.3, -0.25) is 14.8 Å². The number of H-pyrrole nitrogens is 2. The Morgan fingerprint density at radius 3 is 2.69 bits per heavy atom. The maximum atomic E-state index is 11.6. The molecule has 7 heteroatoms. The van der Waals surface area contributed by atoms with E-state index in [0.717, 1.165) is 0 Å². The Morgan fingerprint density at radius 2 is 2.19 bits per heavy atom. The minimum absolute atomic E-state index is 0.121. The van der Waals surface area contributed by atoms with Crippen molar-refractivity contribution in [2.75, 3.05) is 29.8 Å². The molecule has 6 nitrogen and oxygen atoms in total. The van der Waals surface area contributed by atoms with E-state index in [1.165, 1.54) is 0 Å². The van der Waals surface area contributed by atoms with Crippen molar-refractivity contribution in [3.8, 4) is 0 Å². The molecule has 0 aliphatic rings. The molecule has 0 atom stereocenters. The molecule has 0 bridgehead atoms. The van der Waals surface area contributed by atoms with Gasteiger partial charge in [0.1, 0.15) is 11.5 Å². The summed E-state index contributed by atoms with van der Waals surface area (Å²) in [5.74, 6) is 0.330. The van der Waals surface area contributed by atoms with Gasteiger partial charge in [-0.2, -0.15) is 0 Å². The lowest BCUT2D eigenvalue weighted by Crippen LogP contribution is -2.33. The molecule has 0 unspecified atom stereocenters. The van der Waals surface area contributed by atoms with Crippen LogP contribution in [0, 0.1) is 0 Å². The fourth-order valence-electron chi connectivity index (χ4n) is 1.32. The van der Waals surface area contributed by atoms with E-state index in [-0.39, 0.29) is 11.7 Å². The molecule has 0 fully saturated rings. The zero-order valence-corrected chi connectivity index (χ0v) is 9.60. The molecular weight excluding hydrogens is 232 g/mol. The number of anilines is 2. The minimum atomic E-state index is -0.564. The smallest absolute Gasteiger partial charge is 0.327 e. The highest BCUT2D eigenvalue weighted by molar-refractivity contribution is 6.19. The van der Waals surface area contributed by atoms with E-state index in [2.05, 4.69) is 21.9 Å². The monoisotopic (exact) mass is 244 g/mol. The van der Waals surface area contributed by atoms with Crippen LogP contribution in [0.25, 0.3) is 0 Å². The average Bonchev–Trinajstić information content (AvgIpc) is 2.25. The number of aromatic amines is 2. The lowest BCUT2D eigenvalue weighted by molar-refractivity contribution is 0.940. The molecule has 0 amide bonds. The Kier molecular flexibility index (Phi) is 4.19. The molecule has 1 aromatic heterocycles. The van der Waals surface area contributed by atoms with Crippen molar-refractivity contribution in [1.82, 2.24) is 9.97 Å². The minimum Gasteiger partial charge on any atom is -0.373 e. The zero-order valence-electron chi connectivity index (χ0n) is 8.84. The van der Waals surface area contributed by atoms with E-state index >= 15 is 0 Å². The fraction of sp³-hybridized carbons (Fsp3) is 0.333. The number of alkyl halides is 1. The van der Waals surface area contributed by atoms with E-state index in [4.69, 9.17) is 11.6 Å². The molecule has 0 spiro atoms. The Morgan fingerprint density at radius 1 is 1.50 bits per heavy atom. The second kappa shape index (κ2) is 5.41. The van der Waals surface area contributed by atoms with E-state index in [1.807, 2.05) is 0 Å². The molecule has 0 saturated heterocycles. The summed E-state index contributed by atoms with van der Waals surface area (Å²) in [6.07, 6.45) is 1.62. The highest BCUT2D eigenvalue weighted by Gasteiger charge is 2.14. The van der Waals surface area contributed by atoms with Crippen molar-refractivity contribution in [3.05, 3.63) is 33.5 Å². The molecule has 1 heterocycles. The third kappa shape index (κ3) is 2.46. The normalized spacial score (nSPS) is 9.88. The van der Waals surface area contributed by atoms with Crippen LogP contribution in [0.3, 0.4) is 0 Å². The molecule has 1 aromatic rings. The van der Waals surface area contributed by atoms with Gasteiger partial charge in [0.2, 0.25) is 0 Å². The number of hydrogen-bond acceptors (Lipinski definition) is 4. The van der Waals surface area contributed by atoms with Gasteiger partial charge < -0.3 is 10.2 Å². The molecule has 0 aliphatic heterocycles. The molecule has 0 radical (unpaired) electrons. The van der Waals surface area contributed by atoms with Gasteiger partial charge in [-0.1, -0.05) is 6.08 Å². The zero-order chi connectivity index (χ0) is 12.1. The number of aromatic nitrogens is 2. The van der Waals surface area contributed by atoms with Crippen molar-refractivity contribution >= 4 is 23.1 Å². The summed E-state index contributed by atoms with van der Waals surface area (Å²) in [6.45, 7) is 3.98. The fourth-order valence-corrected chi connectivity index (χ4v) is 1.54. The van der Waals surface area contributed by atoms with Crippen LogP contribution in [-0.2, 0) is 0 Å². The summed E-state index contributed by atoms with van der Waals surface area (Å²) in [5, 5.41) is 2.74. The van der Waals surface area contributed by atoms with Crippen LogP contribution >= 0.6 is 11.6 Å². The molecule has 16 heavy (non-hydrogen) atoms. The summed E-state index contributed by atoms with van der Waals surface area (Å²) in [6, 6.07) is 0.121. The van der Waals surface area contributed by atoms with E-state index in [0.29, 0.717) is 12.4 Å². The van der Waals surface area contributed by atoms with E-state index in [9.17, 15) is 9.59 Å². The summed E-state index contributed by atoms with van der Waals surface area (Å²) < 4.78 is 0. The topological polar surface area (TPSA) is 81.0 Å². The number of nitrogens with one attached hydrogen (secondary N) is 3. The van der Waals surface area contributed by atoms with Crippen LogP contribution in [0.4, 0.5) is 11.5 Å². The summed E-state index contributed by atoms with van der Waals surface area (Å²) >= 11 is 5.73. The average molecular weight is 245 g/mol. The van der Waals surface area contributed by atoms with Crippen LogP contribution < -0.4 is 21.5 Å². The molecule has 88 valence electrons. The quantitative estimate of drug-likeness (QED) is 0.395. The first-order valence-electron chi connectivity index (χ1n) is 4.60.